The van der Waals surface area contributed by atoms with Gasteiger partial charge in [0, 0.05) is 0 Å². The number of rotatable bonds is 6. The Balaban J connectivity index is 2.51. The lowest BCUT2D eigenvalue weighted by molar-refractivity contribution is -0.152. The van der Waals surface area contributed by atoms with E-state index in [4.69, 9.17) is 0 Å². The zero-order valence-corrected chi connectivity index (χ0v) is 10.8. The van der Waals surface area contributed by atoms with Crippen molar-refractivity contribution in [1.29, 1.82) is 0 Å². The Labute approximate surface area is 99.4 Å². The highest BCUT2D eigenvalue weighted by molar-refractivity contribution is 5.74. The van der Waals surface area contributed by atoms with Gasteiger partial charge in [0.25, 0.3) is 0 Å². The number of unbranched alkanes of at least 4 members (excludes halogenated alkanes) is 2. The summed E-state index contributed by atoms with van der Waals surface area (Å²) in [6.45, 7) is 4.39. The Morgan fingerprint density at radius 1 is 1.25 bits per heavy atom. The third-order valence-electron chi connectivity index (χ3n) is 4.35. The summed E-state index contributed by atoms with van der Waals surface area (Å²) in [5.41, 5.74) is -0.374. The van der Waals surface area contributed by atoms with Crippen LogP contribution in [-0.2, 0) is 4.79 Å². The molecule has 1 N–H and O–H groups in total. The molecule has 0 unspecified atom stereocenters. The molecule has 0 aromatic carbocycles. The van der Waals surface area contributed by atoms with E-state index >= 15 is 0 Å². The first kappa shape index (κ1) is 13.5. The molecule has 16 heavy (non-hydrogen) atoms. The van der Waals surface area contributed by atoms with Crippen LogP contribution in [0, 0.1) is 11.3 Å². The lowest BCUT2D eigenvalue weighted by Gasteiger charge is -2.36. The van der Waals surface area contributed by atoms with Crippen LogP contribution in [0.5, 0.6) is 0 Å². The van der Waals surface area contributed by atoms with E-state index in [9.17, 15) is 9.90 Å². The normalized spacial score (nSPS) is 30.2. The van der Waals surface area contributed by atoms with E-state index in [1.54, 1.807) is 0 Å². The van der Waals surface area contributed by atoms with E-state index in [-0.39, 0.29) is 5.41 Å². The minimum atomic E-state index is -0.543. The Kier molecular flexibility index (Phi) is 5.30. The van der Waals surface area contributed by atoms with E-state index < -0.39 is 5.97 Å². The quantitative estimate of drug-likeness (QED) is 0.688. The van der Waals surface area contributed by atoms with Gasteiger partial charge in [0.05, 0.1) is 5.41 Å². The molecule has 0 atom stereocenters. The first-order valence-corrected chi connectivity index (χ1v) is 6.88. The molecule has 1 rings (SSSR count). The standard InChI is InChI=1S/C14H26O2/c1-3-5-6-9-14(13(15)16)10-7-12(4-2)8-11-14/h12H,3-11H2,1-2H3,(H,15,16). The molecule has 0 radical (unpaired) electrons. The molecule has 1 aliphatic rings. The molecule has 0 spiro atoms. The molecule has 0 aliphatic heterocycles. The zero-order valence-electron chi connectivity index (χ0n) is 10.8. The van der Waals surface area contributed by atoms with Gasteiger partial charge in [-0.05, 0) is 38.0 Å². The van der Waals surface area contributed by atoms with E-state index in [1.807, 2.05) is 0 Å². The van der Waals surface area contributed by atoms with Crippen LogP contribution >= 0.6 is 0 Å². The van der Waals surface area contributed by atoms with Crippen LogP contribution in [0.4, 0.5) is 0 Å². The molecular weight excluding hydrogens is 200 g/mol. The number of hydrogen-bond donors (Lipinski definition) is 1. The van der Waals surface area contributed by atoms with Crippen LogP contribution in [0.1, 0.15) is 71.6 Å². The molecule has 0 bridgehead atoms. The third-order valence-corrected chi connectivity index (χ3v) is 4.35. The largest absolute Gasteiger partial charge is 0.481 e. The highest BCUT2D eigenvalue weighted by Crippen LogP contribution is 2.43. The Bertz CT molecular complexity index is 209. The molecular formula is C14H26O2. The predicted molar refractivity (Wildman–Crippen MR) is 66.5 cm³/mol. The Hall–Kier alpha value is -0.530. The predicted octanol–water partition coefficient (Wildman–Crippen LogP) is 4.24. The van der Waals surface area contributed by atoms with E-state index in [0.717, 1.165) is 44.4 Å². The summed E-state index contributed by atoms with van der Waals surface area (Å²) in [6.07, 6.45) is 9.59. The van der Waals surface area contributed by atoms with Crippen LogP contribution in [-0.4, -0.2) is 11.1 Å². The van der Waals surface area contributed by atoms with Crippen LogP contribution < -0.4 is 0 Å². The molecule has 0 saturated heterocycles. The van der Waals surface area contributed by atoms with Gasteiger partial charge in [-0.2, -0.15) is 0 Å². The summed E-state index contributed by atoms with van der Waals surface area (Å²) in [6, 6.07) is 0. The fourth-order valence-electron chi connectivity index (χ4n) is 2.92. The molecule has 1 fully saturated rings. The van der Waals surface area contributed by atoms with Gasteiger partial charge in [-0.15, -0.1) is 0 Å². The van der Waals surface area contributed by atoms with Crippen LogP contribution in [0.2, 0.25) is 0 Å². The monoisotopic (exact) mass is 226 g/mol. The van der Waals surface area contributed by atoms with Crippen LogP contribution in [0.3, 0.4) is 0 Å². The summed E-state index contributed by atoms with van der Waals surface area (Å²) in [7, 11) is 0. The second-order valence-electron chi connectivity index (χ2n) is 5.39. The number of carboxylic acids is 1. The molecule has 94 valence electrons. The van der Waals surface area contributed by atoms with E-state index in [2.05, 4.69) is 13.8 Å². The fraction of sp³-hybridized carbons (Fsp3) is 0.929. The van der Waals surface area contributed by atoms with Gasteiger partial charge in [0.2, 0.25) is 0 Å². The third kappa shape index (κ3) is 3.23. The molecule has 2 nitrogen and oxygen atoms in total. The highest BCUT2D eigenvalue weighted by Gasteiger charge is 2.40. The average molecular weight is 226 g/mol. The molecule has 0 heterocycles. The number of aliphatic carboxylic acids is 1. The lowest BCUT2D eigenvalue weighted by Crippen LogP contribution is -2.35. The van der Waals surface area contributed by atoms with Gasteiger partial charge in [-0.25, -0.2) is 0 Å². The van der Waals surface area contributed by atoms with Crippen molar-refractivity contribution in [1.82, 2.24) is 0 Å². The summed E-state index contributed by atoms with van der Waals surface area (Å²) in [4.78, 5) is 11.5. The Morgan fingerprint density at radius 3 is 2.31 bits per heavy atom. The SMILES string of the molecule is CCCCCC1(C(=O)O)CCC(CC)CC1. The summed E-state index contributed by atoms with van der Waals surface area (Å²) in [5, 5.41) is 9.45. The summed E-state index contributed by atoms with van der Waals surface area (Å²) < 4.78 is 0. The number of carbonyl (C=O) groups is 1. The average Bonchev–Trinajstić information content (AvgIpc) is 2.30. The maximum absolute atomic E-state index is 11.5. The number of hydrogen-bond acceptors (Lipinski definition) is 1. The topological polar surface area (TPSA) is 37.3 Å². The van der Waals surface area contributed by atoms with Gasteiger partial charge in [-0.3, -0.25) is 4.79 Å². The maximum Gasteiger partial charge on any atom is 0.309 e. The van der Waals surface area contributed by atoms with Gasteiger partial charge >= 0.3 is 5.97 Å². The molecule has 2 heteroatoms. The van der Waals surface area contributed by atoms with Crippen LogP contribution in [0.15, 0.2) is 0 Å². The fourth-order valence-corrected chi connectivity index (χ4v) is 2.92. The molecule has 1 aliphatic carbocycles. The number of carboxylic acid groups (broad SMARTS) is 1. The molecule has 0 aromatic heterocycles. The highest BCUT2D eigenvalue weighted by atomic mass is 16.4. The van der Waals surface area contributed by atoms with E-state index in [1.165, 1.54) is 19.3 Å². The second kappa shape index (κ2) is 6.27. The van der Waals surface area contributed by atoms with Crippen LogP contribution in [0.25, 0.3) is 0 Å². The lowest BCUT2D eigenvalue weighted by atomic mass is 9.67. The molecule has 0 aromatic rings. The van der Waals surface area contributed by atoms with Crippen molar-refractivity contribution in [2.75, 3.05) is 0 Å². The van der Waals surface area contributed by atoms with Crippen molar-refractivity contribution in [3.8, 4) is 0 Å². The summed E-state index contributed by atoms with van der Waals surface area (Å²) >= 11 is 0. The zero-order chi connectivity index (χ0) is 12.0. The summed E-state index contributed by atoms with van der Waals surface area (Å²) in [5.74, 6) is 0.233. The smallest absolute Gasteiger partial charge is 0.309 e. The Morgan fingerprint density at radius 2 is 1.88 bits per heavy atom. The first-order valence-electron chi connectivity index (χ1n) is 6.88. The van der Waals surface area contributed by atoms with Crippen molar-refractivity contribution >= 4 is 5.97 Å². The van der Waals surface area contributed by atoms with Crippen molar-refractivity contribution in [3.63, 3.8) is 0 Å². The van der Waals surface area contributed by atoms with Gasteiger partial charge < -0.3 is 5.11 Å². The first-order chi connectivity index (χ1) is 7.64. The minimum Gasteiger partial charge on any atom is -0.481 e. The van der Waals surface area contributed by atoms with Crippen molar-refractivity contribution in [2.45, 2.75) is 71.6 Å². The second-order valence-corrected chi connectivity index (χ2v) is 5.39. The van der Waals surface area contributed by atoms with Gasteiger partial charge in [-0.1, -0.05) is 39.5 Å². The maximum atomic E-state index is 11.5. The molecule has 1 saturated carbocycles. The minimum absolute atomic E-state index is 0.374. The van der Waals surface area contributed by atoms with Gasteiger partial charge in [0.15, 0.2) is 0 Å². The van der Waals surface area contributed by atoms with Gasteiger partial charge in [0.1, 0.15) is 0 Å². The van der Waals surface area contributed by atoms with E-state index in [0.29, 0.717) is 0 Å². The van der Waals surface area contributed by atoms with Crippen molar-refractivity contribution in [3.05, 3.63) is 0 Å². The molecule has 0 amide bonds. The van der Waals surface area contributed by atoms with Crippen molar-refractivity contribution in [2.24, 2.45) is 11.3 Å². The van der Waals surface area contributed by atoms with Crippen molar-refractivity contribution < 1.29 is 9.90 Å².